The van der Waals surface area contributed by atoms with Gasteiger partial charge in [-0.05, 0) is 59.8 Å². The second-order valence-electron chi connectivity index (χ2n) is 12.4. The van der Waals surface area contributed by atoms with Gasteiger partial charge >= 0.3 is 11.9 Å². The molecular weight excluding hydrogens is 639 g/mol. The number of esters is 2. The number of ether oxygens (including phenoxy) is 2. The summed E-state index contributed by atoms with van der Waals surface area (Å²) in [6.07, 6.45) is -1.15. The zero-order valence-electron chi connectivity index (χ0n) is 25.4. The van der Waals surface area contributed by atoms with E-state index in [0.29, 0.717) is 17.8 Å². The summed E-state index contributed by atoms with van der Waals surface area (Å²) in [5.74, 6) is -2.23. The maximum absolute atomic E-state index is 13.7. The van der Waals surface area contributed by atoms with Crippen molar-refractivity contribution < 1.29 is 33.8 Å². The van der Waals surface area contributed by atoms with Crippen LogP contribution in [0.15, 0.2) is 10.4 Å². The van der Waals surface area contributed by atoms with E-state index in [-0.39, 0.29) is 35.4 Å². The molecule has 0 unspecified atom stereocenters. The van der Waals surface area contributed by atoms with Crippen molar-refractivity contribution in [1.29, 1.82) is 0 Å². The largest absolute Gasteiger partial charge is 0.456 e. The smallest absolute Gasteiger partial charge is 0.358 e. The molecule has 15 heteroatoms. The third-order valence-electron chi connectivity index (χ3n) is 7.13. The summed E-state index contributed by atoms with van der Waals surface area (Å²) in [5.41, 5.74) is -2.92. The summed E-state index contributed by atoms with van der Waals surface area (Å²) in [6, 6.07) is -1.37. The molecule has 0 radical (unpaired) electrons. The molecule has 0 aliphatic carbocycles. The highest BCUT2D eigenvalue weighted by molar-refractivity contribution is 8.14. The third-order valence-corrected chi connectivity index (χ3v) is 9.53. The fourth-order valence-electron chi connectivity index (χ4n) is 4.46. The number of hydrogen-bond donors (Lipinski definition) is 3. The molecule has 2 amide bonds. The van der Waals surface area contributed by atoms with E-state index in [1.807, 2.05) is 13.8 Å². The number of fused-ring (bicyclic) bond motifs is 3. The molecule has 0 aromatic carbocycles. The zero-order valence-corrected chi connectivity index (χ0v) is 28.5. The molecule has 11 nitrogen and oxygen atoms in total. The summed E-state index contributed by atoms with van der Waals surface area (Å²) in [4.78, 5) is 61.7. The summed E-state index contributed by atoms with van der Waals surface area (Å²) < 4.78 is 10.8. The van der Waals surface area contributed by atoms with E-state index >= 15 is 0 Å². The van der Waals surface area contributed by atoms with Crippen LogP contribution < -0.4 is 10.6 Å². The van der Waals surface area contributed by atoms with E-state index in [2.05, 4.69) is 20.6 Å². The number of thioether (sulfide) groups is 1. The van der Waals surface area contributed by atoms with E-state index in [1.165, 1.54) is 42.3 Å². The zero-order chi connectivity index (χ0) is 32.3. The van der Waals surface area contributed by atoms with Crippen molar-refractivity contribution >= 4 is 75.1 Å². The lowest BCUT2D eigenvalue weighted by molar-refractivity contribution is -0.171. The van der Waals surface area contributed by atoms with Crippen LogP contribution >= 0.6 is 46.3 Å². The number of aliphatic imine (C=N–C) groups is 1. The molecule has 43 heavy (non-hydrogen) atoms. The van der Waals surface area contributed by atoms with Crippen LogP contribution in [0, 0.1) is 11.3 Å². The lowest BCUT2D eigenvalue weighted by Crippen LogP contribution is -2.49. The second-order valence-corrected chi connectivity index (χ2v) is 16.2. The van der Waals surface area contributed by atoms with E-state index < -0.39 is 63.4 Å². The molecule has 4 atom stereocenters. The molecule has 3 N–H and O–H groups in total. The van der Waals surface area contributed by atoms with Gasteiger partial charge in [0.15, 0.2) is 11.8 Å². The van der Waals surface area contributed by atoms with Gasteiger partial charge in [-0.15, -0.1) is 46.3 Å². The van der Waals surface area contributed by atoms with E-state index in [1.54, 1.807) is 20.8 Å². The van der Waals surface area contributed by atoms with Crippen LogP contribution in [0.4, 0.5) is 0 Å². The molecule has 2 aliphatic heterocycles. The fraction of sp³-hybridized carbons (Fsp3) is 0.714. The number of halogens is 2. The number of cyclic esters (lactones) is 2. The molecule has 3 heterocycles. The normalized spacial score (nSPS) is 26.0. The van der Waals surface area contributed by atoms with E-state index in [0.717, 1.165) is 0 Å². The van der Waals surface area contributed by atoms with Gasteiger partial charge < -0.3 is 25.2 Å². The Morgan fingerprint density at radius 2 is 1.84 bits per heavy atom. The van der Waals surface area contributed by atoms with Crippen molar-refractivity contribution in [3.63, 3.8) is 0 Å². The highest BCUT2D eigenvalue weighted by Gasteiger charge is 2.46. The number of rotatable bonds is 6. The van der Waals surface area contributed by atoms with Crippen LogP contribution in [0.25, 0.3) is 0 Å². The Hall–Kier alpha value is -1.93. The second kappa shape index (κ2) is 14.0. The molecule has 0 saturated carbocycles. The summed E-state index contributed by atoms with van der Waals surface area (Å²) in [7, 11) is 0. The quantitative estimate of drug-likeness (QED) is 0.296. The first-order valence-corrected chi connectivity index (χ1v) is 16.7. The first-order valence-electron chi connectivity index (χ1n) is 14.0. The molecule has 1 aromatic rings. The molecular formula is C28H40Cl2N4O7S2. The van der Waals surface area contributed by atoms with Crippen molar-refractivity contribution in [1.82, 2.24) is 15.6 Å². The van der Waals surface area contributed by atoms with Crippen molar-refractivity contribution in [2.24, 2.45) is 16.3 Å². The predicted molar refractivity (Wildman–Crippen MR) is 168 cm³/mol. The Bertz CT molecular complexity index is 1240. The third kappa shape index (κ3) is 9.53. The van der Waals surface area contributed by atoms with Crippen LogP contribution in [-0.2, 0) is 23.9 Å². The van der Waals surface area contributed by atoms with Crippen molar-refractivity contribution in [3.8, 4) is 0 Å². The van der Waals surface area contributed by atoms with E-state index in [9.17, 15) is 24.3 Å². The average Bonchev–Trinajstić information content (AvgIpc) is 3.56. The van der Waals surface area contributed by atoms with Gasteiger partial charge in [0.1, 0.15) is 32.1 Å². The van der Waals surface area contributed by atoms with Crippen LogP contribution in [0.1, 0.15) is 89.3 Å². The van der Waals surface area contributed by atoms with Crippen molar-refractivity contribution in [2.75, 3.05) is 12.3 Å². The minimum Gasteiger partial charge on any atom is -0.456 e. The topological polar surface area (TPSA) is 156 Å². The number of nitrogens with zero attached hydrogens (tertiary/aromatic N) is 2. The Balaban J connectivity index is 2.03. The molecule has 2 aliphatic rings. The number of hydrogen-bond acceptors (Lipinski definition) is 11. The van der Waals surface area contributed by atoms with Gasteiger partial charge in [-0.1, -0.05) is 13.8 Å². The Kier molecular flexibility index (Phi) is 11.6. The van der Waals surface area contributed by atoms with Crippen molar-refractivity contribution in [3.05, 3.63) is 16.1 Å². The number of thiazole rings is 1. The minimum atomic E-state index is -1.56. The Morgan fingerprint density at radius 3 is 2.44 bits per heavy atom. The maximum Gasteiger partial charge on any atom is 0.358 e. The van der Waals surface area contributed by atoms with Crippen LogP contribution in [-0.4, -0.2) is 79.4 Å². The molecule has 0 spiro atoms. The van der Waals surface area contributed by atoms with E-state index in [4.69, 9.17) is 32.7 Å². The summed E-state index contributed by atoms with van der Waals surface area (Å²) in [6.45, 7) is 11.3. The van der Waals surface area contributed by atoms with Crippen LogP contribution in [0.2, 0.25) is 0 Å². The van der Waals surface area contributed by atoms with Gasteiger partial charge in [0.05, 0.1) is 18.0 Å². The van der Waals surface area contributed by atoms with Crippen molar-refractivity contribution in [2.45, 2.75) is 102 Å². The van der Waals surface area contributed by atoms with Gasteiger partial charge in [0, 0.05) is 11.1 Å². The Morgan fingerprint density at radius 1 is 1.16 bits per heavy atom. The molecule has 3 rings (SSSR count). The van der Waals surface area contributed by atoms with Gasteiger partial charge in [-0.3, -0.25) is 19.4 Å². The number of carbonyl (C=O) groups is 4. The number of alkyl halides is 2. The van der Waals surface area contributed by atoms with Crippen LogP contribution in [0.3, 0.4) is 0 Å². The van der Waals surface area contributed by atoms with Gasteiger partial charge in [-0.2, -0.15) is 0 Å². The molecule has 0 saturated heterocycles. The highest BCUT2D eigenvalue weighted by atomic mass is 35.5. The number of nitrogens with one attached hydrogen (secondary N) is 2. The minimum absolute atomic E-state index is 0.0252. The highest BCUT2D eigenvalue weighted by Crippen LogP contribution is 2.36. The maximum atomic E-state index is 13.7. The summed E-state index contributed by atoms with van der Waals surface area (Å²) in [5, 5.41) is 18.7. The monoisotopic (exact) mass is 678 g/mol. The average molecular weight is 680 g/mol. The first kappa shape index (κ1) is 35.5. The standard InChI is InChI=1S/C28H40Cl2N4O7S2/c1-14(2)19-22-33-16(13-42-22)24(37)40-17(9-8-10-28(7,29)30)26(3,4)25(38)41-20(27(5,6)39)23-32-15(12-43-23)21(36)31-11-18(35)34-19/h13-15,17,19-20,39H,8-12H2,1-7H3,(H,31,36)(H,34,35)/t15-,17-,19-,20-/m1/s1. The Labute approximate surface area is 270 Å². The lowest BCUT2D eigenvalue weighted by Gasteiger charge is -2.36. The SMILES string of the molecule is CC(C)[C@H]1NC(=O)CNC(=O)[C@H]2CSC(=N2)[C@H](C(C)(C)O)OC(=O)C(C)(C)[C@@H](CCCC(C)(Cl)Cl)OC(=O)c2csc1n2. The molecule has 0 fully saturated rings. The number of aliphatic hydroxyl groups is 1. The number of amides is 2. The lowest BCUT2D eigenvalue weighted by atomic mass is 9.83. The van der Waals surface area contributed by atoms with Crippen LogP contribution in [0.5, 0.6) is 0 Å². The number of aromatic nitrogens is 1. The molecule has 240 valence electrons. The molecule has 4 bridgehead atoms. The van der Waals surface area contributed by atoms with Gasteiger partial charge in [0.25, 0.3) is 0 Å². The molecule has 1 aromatic heterocycles. The first-order chi connectivity index (χ1) is 19.8. The summed E-state index contributed by atoms with van der Waals surface area (Å²) >= 11 is 14.7. The van der Waals surface area contributed by atoms with Gasteiger partial charge in [0.2, 0.25) is 11.8 Å². The number of carbonyl (C=O) groups excluding carboxylic acids is 4. The predicted octanol–water partition coefficient (Wildman–Crippen LogP) is 4.20. The fourth-order valence-corrected chi connectivity index (χ4v) is 6.98. The van der Waals surface area contributed by atoms with Gasteiger partial charge in [-0.25, -0.2) is 9.78 Å².